The van der Waals surface area contributed by atoms with Gasteiger partial charge in [-0.1, -0.05) is 0 Å². The summed E-state index contributed by atoms with van der Waals surface area (Å²) >= 11 is 0. The number of aryl methyl sites for hydroxylation is 1. The van der Waals surface area contributed by atoms with Gasteiger partial charge in [0, 0.05) is 26.2 Å². The fraction of sp³-hybridized carbons (Fsp3) is 0.429. The summed E-state index contributed by atoms with van der Waals surface area (Å²) in [6.07, 6.45) is 0. The van der Waals surface area contributed by atoms with Crippen LogP contribution in [0, 0.1) is 18.3 Å². The SMILES string of the molecule is Cc1oc(-c2nc(C#N)c(NC(C)C)o2)cc1S(=O)(=O)N(C)C. The maximum Gasteiger partial charge on any atom is 0.266 e. The molecule has 2 heterocycles. The number of oxazole rings is 1. The van der Waals surface area contributed by atoms with Crippen molar-refractivity contribution in [3.05, 3.63) is 17.5 Å². The van der Waals surface area contributed by atoms with Crippen LogP contribution in [0.4, 0.5) is 5.88 Å². The Balaban J connectivity index is 2.49. The smallest absolute Gasteiger partial charge is 0.266 e. The number of nitrogens with one attached hydrogen (secondary N) is 1. The first-order chi connectivity index (χ1) is 10.7. The number of sulfonamides is 1. The van der Waals surface area contributed by atoms with E-state index in [0.717, 1.165) is 4.31 Å². The standard InChI is InChI=1S/C14H18N4O4S/c1-8(2)16-13-10(7-15)17-14(22-13)11-6-12(9(3)21-11)23(19,20)18(4)5/h6,8,16H,1-5H3. The van der Waals surface area contributed by atoms with E-state index in [9.17, 15) is 8.42 Å². The highest BCUT2D eigenvalue weighted by molar-refractivity contribution is 7.89. The predicted octanol–water partition coefficient (Wildman–Crippen LogP) is 2.19. The lowest BCUT2D eigenvalue weighted by molar-refractivity contribution is 0.491. The van der Waals surface area contributed by atoms with Crippen LogP contribution < -0.4 is 5.32 Å². The Morgan fingerprint density at radius 1 is 1.35 bits per heavy atom. The minimum Gasteiger partial charge on any atom is -0.455 e. The van der Waals surface area contributed by atoms with Gasteiger partial charge in [0.15, 0.2) is 5.76 Å². The van der Waals surface area contributed by atoms with Crippen molar-refractivity contribution in [3.8, 4) is 17.7 Å². The molecule has 0 aliphatic carbocycles. The molecule has 124 valence electrons. The molecular formula is C14H18N4O4S. The van der Waals surface area contributed by atoms with Gasteiger partial charge in [0.25, 0.3) is 5.89 Å². The minimum absolute atomic E-state index is 0.0348. The van der Waals surface area contributed by atoms with Gasteiger partial charge in [-0.15, -0.1) is 0 Å². The summed E-state index contributed by atoms with van der Waals surface area (Å²) in [5.74, 6) is 0.650. The molecule has 0 aliphatic rings. The monoisotopic (exact) mass is 338 g/mol. The van der Waals surface area contributed by atoms with Crippen LogP contribution in [0.2, 0.25) is 0 Å². The van der Waals surface area contributed by atoms with Gasteiger partial charge in [-0.3, -0.25) is 0 Å². The third-order valence-corrected chi connectivity index (χ3v) is 4.92. The van der Waals surface area contributed by atoms with Crippen LogP contribution in [0.25, 0.3) is 11.7 Å². The predicted molar refractivity (Wildman–Crippen MR) is 83.3 cm³/mol. The Bertz CT molecular complexity index is 856. The van der Waals surface area contributed by atoms with Gasteiger partial charge < -0.3 is 14.2 Å². The zero-order valence-electron chi connectivity index (χ0n) is 13.5. The molecule has 0 radical (unpaired) electrons. The van der Waals surface area contributed by atoms with Crippen molar-refractivity contribution >= 4 is 15.9 Å². The summed E-state index contributed by atoms with van der Waals surface area (Å²) < 4.78 is 36.5. The third-order valence-electron chi connectivity index (χ3n) is 2.99. The van der Waals surface area contributed by atoms with Crippen molar-refractivity contribution in [2.45, 2.75) is 31.7 Å². The molecule has 0 aromatic carbocycles. The summed E-state index contributed by atoms with van der Waals surface area (Å²) in [4.78, 5) is 4.08. The second-order valence-corrected chi connectivity index (χ2v) is 7.55. The Morgan fingerprint density at radius 3 is 2.52 bits per heavy atom. The van der Waals surface area contributed by atoms with Crippen LogP contribution >= 0.6 is 0 Å². The molecule has 0 atom stereocenters. The number of anilines is 1. The van der Waals surface area contributed by atoms with Gasteiger partial charge in [0.2, 0.25) is 21.6 Å². The summed E-state index contributed by atoms with van der Waals surface area (Å²) in [6, 6.07) is 3.32. The number of hydrogen-bond donors (Lipinski definition) is 1. The highest BCUT2D eigenvalue weighted by atomic mass is 32.2. The molecular weight excluding hydrogens is 320 g/mol. The van der Waals surface area contributed by atoms with E-state index in [1.165, 1.54) is 20.2 Å². The number of aromatic nitrogens is 1. The molecule has 0 spiro atoms. The highest BCUT2D eigenvalue weighted by Crippen LogP contribution is 2.31. The van der Waals surface area contributed by atoms with E-state index in [1.54, 1.807) is 6.92 Å². The highest BCUT2D eigenvalue weighted by Gasteiger charge is 2.26. The van der Waals surface area contributed by atoms with Crippen molar-refractivity contribution in [3.63, 3.8) is 0 Å². The molecule has 0 aliphatic heterocycles. The third kappa shape index (κ3) is 3.23. The second-order valence-electron chi connectivity index (χ2n) is 5.43. The van der Waals surface area contributed by atoms with Crippen LogP contribution in [0.1, 0.15) is 25.3 Å². The van der Waals surface area contributed by atoms with E-state index in [4.69, 9.17) is 14.1 Å². The largest absolute Gasteiger partial charge is 0.455 e. The molecule has 0 saturated carbocycles. The average Bonchev–Trinajstić information content (AvgIpc) is 3.01. The number of rotatable bonds is 5. The lowest BCUT2D eigenvalue weighted by Crippen LogP contribution is -2.22. The van der Waals surface area contributed by atoms with Crippen molar-refractivity contribution in [1.82, 2.24) is 9.29 Å². The molecule has 1 N–H and O–H groups in total. The quantitative estimate of drug-likeness (QED) is 0.889. The molecule has 0 unspecified atom stereocenters. The second kappa shape index (κ2) is 6.06. The van der Waals surface area contributed by atoms with Gasteiger partial charge in [-0.05, 0) is 20.8 Å². The number of furan rings is 1. The summed E-state index contributed by atoms with van der Waals surface area (Å²) in [7, 11) is -0.762. The summed E-state index contributed by atoms with van der Waals surface area (Å²) in [5, 5.41) is 12.1. The van der Waals surface area contributed by atoms with E-state index in [2.05, 4.69) is 10.3 Å². The summed E-state index contributed by atoms with van der Waals surface area (Å²) in [6.45, 7) is 5.33. The van der Waals surface area contributed by atoms with E-state index in [1.807, 2.05) is 19.9 Å². The Morgan fingerprint density at radius 2 is 2.00 bits per heavy atom. The normalized spacial score (nSPS) is 11.9. The molecule has 2 rings (SSSR count). The van der Waals surface area contributed by atoms with Crippen molar-refractivity contribution < 1.29 is 17.3 Å². The average molecular weight is 338 g/mol. The lowest BCUT2D eigenvalue weighted by atomic mass is 10.4. The molecule has 2 aromatic heterocycles. The van der Waals surface area contributed by atoms with Gasteiger partial charge in [0.1, 0.15) is 16.7 Å². The van der Waals surface area contributed by atoms with E-state index in [0.29, 0.717) is 0 Å². The van der Waals surface area contributed by atoms with Crippen molar-refractivity contribution in [2.75, 3.05) is 19.4 Å². The fourth-order valence-electron chi connectivity index (χ4n) is 1.88. The van der Waals surface area contributed by atoms with E-state index >= 15 is 0 Å². The Labute approximate surface area is 134 Å². The van der Waals surface area contributed by atoms with Crippen LogP contribution in [-0.2, 0) is 10.0 Å². The van der Waals surface area contributed by atoms with E-state index < -0.39 is 10.0 Å². The zero-order chi connectivity index (χ0) is 17.4. The molecule has 2 aromatic rings. The first-order valence-electron chi connectivity index (χ1n) is 6.87. The maximum absolute atomic E-state index is 12.2. The first kappa shape index (κ1) is 17.1. The Hall–Kier alpha value is -2.31. The van der Waals surface area contributed by atoms with Crippen LogP contribution in [0.5, 0.6) is 0 Å². The number of nitrogens with zero attached hydrogens (tertiary/aromatic N) is 3. The molecule has 0 amide bonds. The Kier molecular flexibility index (Phi) is 4.49. The molecule has 23 heavy (non-hydrogen) atoms. The van der Waals surface area contributed by atoms with Crippen LogP contribution in [-0.4, -0.2) is 37.8 Å². The number of hydrogen-bond acceptors (Lipinski definition) is 7. The molecule has 0 bridgehead atoms. The summed E-state index contributed by atoms with van der Waals surface area (Å²) in [5.41, 5.74) is 0.0831. The van der Waals surface area contributed by atoms with Gasteiger partial charge in [0.05, 0.1) is 0 Å². The molecule has 8 nitrogen and oxygen atoms in total. The van der Waals surface area contributed by atoms with Crippen molar-refractivity contribution in [2.24, 2.45) is 0 Å². The van der Waals surface area contributed by atoms with E-state index in [-0.39, 0.29) is 39.9 Å². The molecule has 0 saturated heterocycles. The minimum atomic E-state index is -3.63. The molecule has 9 heteroatoms. The fourth-order valence-corrected chi connectivity index (χ4v) is 2.94. The molecule has 0 fully saturated rings. The van der Waals surface area contributed by atoms with Crippen LogP contribution in [0.15, 0.2) is 19.8 Å². The topological polar surface area (TPSA) is 112 Å². The number of nitriles is 1. The lowest BCUT2D eigenvalue weighted by Gasteiger charge is -2.09. The van der Waals surface area contributed by atoms with Crippen molar-refractivity contribution in [1.29, 1.82) is 5.26 Å². The zero-order valence-corrected chi connectivity index (χ0v) is 14.4. The van der Waals surface area contributed by atoms with Crippen LogP contribution in [0.3, 0.4) is 0 Å². The van der Waals surface area contributed by atoms with Gasteiger partial charge in [-0.2, -0.15) is 10.2 Å². The first-order valence-corrected chi connectivity index (χ1v) is 8.31. The van der Waals surface area contributed by atoms with Gasteiger partial charge in [-0.25, -0.2) is 12.7 Å². The van der Waals surface area contributed by atoms with Gasteiger partial charge >= 0.3 is 0 Å². The maximum atomic E-state index is 12.2.